The Kier molecular flexibility index (Phi) is 8.46. The molecule has 0 amide bonds. The molecular formula is C68H39N7. The predicted octanol–water partition coefficient (Wildman–Crippen LogP) is 16.9. The van der Waals surface area contributed by atoms with Crippen LogP contribution >= 0.6 is 0 Å². The molecule has 0 fully saturated rings. The third-order valence-electron chi connectivity index (χ3n) is 15.7. The first kappa shape index (κ1) is 41.1. The van der Waals surface area contributed by atoms with Crippen molar-refractivity contribution in [3.05, 3.63) is 248 Å². The molecule has 0 saturated heterocycles. The first-order valence-corrected chi connectivity index (χ1v) is 25.2. The van der Waals surface area contributed by atoms with Crippen LogP contribution in [0.3, 0.4) is 0 Å². The minimum Gasteiger partial charge on any atom is -0.309 e. The zero-order valence-electron chi connectivity index (χ0n) is 40.1. The highest BCUT2D eigenvalue weighted by molar-refractivity contribution is 6.20. The quantitative estimate of drug-likeness (QED) is 0.172. The fourth-order valence-corrected chi connectivity index (χ4v) is 12.8. The standard InChI is InChI=1S/C68H39N7/c69-40-53-54(41-70)66(75-62-37-19-11-29-50(62)52-38-63-51(39-64(52)75)49-28-10-12-30-55(49)71(63)42-20-2-1-3-21-42)68(74-60-35-17-8-26-47(60)48-27-9-18-36-61(48)74)67(73-58-33-15-6-24-45(58)46-25-7-16-34-59(46)73)65(53)72-56-31-13-4-22-43(56)44-23-5-14-32-57(44)72/h1-39H. The van der Waals surface area contributed by atoms with Crippen LogP contribution in [0.15, 0.2) is 237 Å². The van der Waals surface area contributed by atoms with Gasteiger partial charge in [-0.3, -0.25) is 0 Å². The lowest BCUT2D eigenvalue weighted by Crippen LogP contribution is -2.17. The summed E-state index contributed by atoms with van der Waals surface area (Å²) in [5.74, 6) is 0. The van der Waals surface area contributed by atoms with Gasteiger partial charge in [-0.25, -0.2) is 0 Å². The van der Waals surface area contributed by atoms with E-state index in [2.05, 4.69) is 272 Å². The molecule has 0 atom stereocenters. The molecule has 0 spiro atoms. The molecule has 16 aromatic rings. The Balaban J connectivity index is 1.22. The number of nitrogens with zero attached hydrogens (tertiary/aromatic N) is 7. The maximum atomic E-state index is 12.3. The summed E-state index contributed by atoms with van der Waals surface area (Å²) in [6.45, 7) is 0. The fraction of sp³-hybridized carbons (Fsp3) is 0. The van der Waals surface area contributed by atoms with E-state index in [0.717, 1.165) is 126 Å². The van der Waals surface area contributed by atoms with Crippen molar-refractivity contribution < 1.29 is 0 Å². The molecule has 0 aliphatic heterocycles. The molecule has 7 heteroatoms. The van der Waals surface area contributed by atoms with Crippen molar-refractivity contribution in [2.24, 2.45) is 0 Å². The van der Waals surface area contributed by atoms with E-state index in [0.29, 0.717) is 11.4 Å². The van der Waals surface area contributed by atoms with Gasteiger partial charge >= 0.3 is 0 Å². The van der Waals surface area contributed by atoms with Gasteiger partial charge in [0.2, 0.25) is 0 Å². The van der Waals surface area contributed by atoms with Crippen molar-refractivity contribution >= 4 is 109 Å². The third-order valence-corrected chi connectivity index (χ3v) is 15.7. The second-order valence-electron chi connectivity index (χ2n) is 19.4. The van der Waals surface area contributed by atoms with E-state index in [1.165, 1.54) is 0 Å². The van der Waals surface area contributed by atoms with Gasteiger partial charge in [0.15, 0.2) is 0 Å². The van der Waals surface area contributed by atoms with Gasteiger partial charge in [-0.2, -0.15) is 10.5 Å². The smallest absolute Gasteiger partial charge is 0.103 e. The molecule has 0 unspecified atom stereocenters. The summed E-state index contributed by atoms with van der Waals surface area (Å²) < 4.78 is 11.6. The minimum absolute atomic E-state index is 0.269. The summed E-state index contributed by atoms with van der Waals surface area (Å²) in [4.78, 5) is 0. The highest BCUT2D eigenvalue weighted by Crippen LogP contribution is 2.50. The first-order chi connectivity index (χ1) is 37.2. The van der Waals surface area contributed by atoms with Crippen LogP contribution in [0.1, 0.15) is 11.1 Å². The van der Waals surface area contributed by atoms with Gasteiger partial charge in [0.1, 0.15) is 12.1 Å². The largest absolute Gasteiger partial charge is 0.309 e. The molecule has 0 bridgehead atoms. The summed E-state index contributed by atoms with van der Waals surface area (Å²) in [5.41, 5.74) is 14.1. The Morgan fingerprint density at radius 3 is 0.747 bits per heavy atom. The molecule has 5 heterocycles. The molecule has 0 N–H and O–H groups in total. The van der Waals surface area contributed by atoms with E-state index >= 15 is 0 Å². The van der Waals surface area contributed by atoms with Crippen molar-refractivity contribution in [2.75, 3.05) is 0 Å². The van der Waals surface area contributed by atoms with E-state index in [-0.39, 0.29) is 11.1 Å². The number of fused-ring (bicyclic) bond motifs is 15. The average molecular weight is 954 g/mol. The summed E-state index contributed by atoms with van der Waals surface area (Å²) in [7, 11) is 0. The molecule has 16 rings (SSSR count). The lowest BCUT2D eigenvalue weighted by Gasteiger charge is -2.27. The van der Waals surface area contributed by atoms with Crippen molar-refractivity contribution in [3.63, 3.8) is 0 Å². The molecule has 346 valence electrons. The van der Waals surface area contributed by atoms with Gasteiger partial charge in [0.05, 0.1) is 89.0 Å². The second-order valence-corrected chi connectivity index (χ2v) is 19.4. The lowest BCUT2D eigenvalue weighted by molar-refractivity contribution is 1.01. The van der Waals surface area contributed by atoms with Gasteiger partial charge in [-0.1, -0.05) is 164 Å². The van der Waals surface area contributed by atoms with E-state index < -0.39 is 0 Å². The van der Waals surface area contributed by atoms with Crippen LogP contribution in [0.25, 0.3) is 137 Å². The molecule has 0 radical (unpaired) electrons. The van der Waals surface area contributed by atoms with Crippen LogP contribution < -0.4 is 0 Å². The Morgan fingerprint density at radius 2 is 0.440 bits per heavy atom. The van der Waals surface area contributed by atoms with Gasteiger partial charge < -0.3 is 22.8 Å². The molecule has 75 heavy (non-hydrogen) atoms. The van der Waals surface area contributed by atoms with Crippen molar-refractivity contribution in [2.45, 2.75) is 0 Å². The number of hydrogen-bond donors (Lipinski definition) is 0. The van der Waals surface area contributed by atoms with Gasteiger partial charge in [-0.05, 0) is 72.8 Å². The molecule has 0 aliphatic carbocycles. The minimum atomic E-state index is 0.269. The molecular weight excluding hydrogens is 915 g/mol. The zero-order chi connectivity index (χ0) is 49.5. The summed E-state index contributed by atoms with van der Waals surface area (Å²) >= 11 is 0. The SMILES string of the molecule is N#Cc1c(C#N)c(-n2c3ccccc3c3cc4c(cc32)c2ccccc2n4-c2ccccc2)c(-n2c3ccccc3c3ccccc32)c(-n2c3ccccc3c3ccccc32)c1-n1c2ccccc2c2ccccc21. The maximum absolute atomic E-state index is 12.3. The number of nitriles is 2. The number of hydrogen-bond acceptors (Lipinski definition) is 2. The monoisotopic (exact) mass is 953 g/mol. The molecule has 7 nitrogen and oxygen atoms in total. The van der Waals surface area contributed by atoms with Crippen LogP contribution in [0.2, 0.25) is 0 Å². The number of benzene rings is 11. The third kappa shape index (κ3) is 5.45. The van der Waals surface area contributed by atoms with E-state index in [1.807, 2.05) is 0 Å². The fourth-order valence-electron chi connectivity index (χ4n) is 12.8. The van der Waals surface area contributed by atoms with Crippen molar-refractivity contribution in [3.8, 4) is 40.6 Å². The molecule has 0 aliphatic rings. The highest BCUT2D eigenvalue weighted by atomic mass is 15.1. The second kappa shape index (κ2) is 15.5. The van der Waals surface area contributed by atoms with Crippen LogP contribution in [0.5, 0.6) is 0 Å². The molecule has 11 aromatic carbocycles. The molecule has 0 saturated carbocycles. The maximum Gasteiger partial charge on any atom is 0.103 e. The first-order valence-electron chi connectivity index (χ1n) is 25.2. The Labute approximate surface area is 428 Å². The average Bonchev–Trinajstić information content (AvgIpc) is 4.27. The Bertz CT molecular complexity index is 5060. The summed E-state index contributed by atoms with van der Waals surface area (Å²) in [6, 6.07) is 89.0. The Hall–Kier alpha value is -10.6. The molecule has 5 aromatic heterocycles. The summed E-state index contributed by atoms with van der Waals surface area (Å²) in [5, 5.41) is 35.2. The van der Waals surface area contributed by atoms with E-state index in [4.69, 9.17) is 0 Å². The normalized spacial score (nSPS) is 12.0. The Morgan fingerprint density at radius 1 is 0.213 bits per heavy atom. The zero-order valence-corrected chi connectivity index (χ0v) is 40.1. The van der Waals surface area contributed by atoms with Crippen LogP contribution in [0, 0.1) is 22.7 Å². The van der Waals surface area contributed by atoms with Crippen LogP contribution in [0.4, 0.5) is 0 Å². The number of aromatic nitrogens is 5. The van der Waals surface area contributed by atoms with E-state index in [9.17, 15) is 10.5 Å². The predicted molar refractivity (Wildman–Crippen MR) is 308 cm³/mol. The van der Waals surface area contributed by atoms with Crippen LogP contribution in [-0.2, 0) is 0 Å². The van der Waals surface area contributed by atoms with Gasteiger partial charge in [0, 0.05) is 59.5 Å². The van der Waals surface area contributed by atoms with Crippen molar-refractivity contribution in [1.82, 2.24) is 22.8 Å². The van der Waals surface area contributed by atoms with Gasteiger partial charge in [0.25, 0.3) is 0 Å². The van der Waals surface area contributed by atoms with Gasteiger partial charge in [-0.15, -0.1) is 0 Å². The van der Waals surface area contributed by atoms with Crippen LogP contribution in [-0.4, -0.2) is 22.8 Å². The topological polar surface area (TPSA) is 72.2 Å². The summed E-state index contributed by atoms with van der Waals surface area (Å²) in [6.07, 6.45) is 0. The number of rotatable bonds is 5. The highest BCUT2D eigenvalue weighted by Gasteiger charge is 2.35. The number of para-hydroxylation sites is 9. The van der Waals surface area contributed by atoms with E-state index in [1.54, 1.807) is 0 Å². The van der Waals surface area contributed by atoms with Crippen molar-refractivity contribution in [1.29, 1.82) is 10.5 Å². The lowest BCUT2D eigenvalue weighted by atomic mass is 9.98.